The maximum atomic E-state index is 2.56. The number of hydrogen-bond donors (Lipinski definition) is 0. The third-order valence-electron chi connectivity index (χ3n) is 4.01. The van der Waals surface area contributed by atoms with E-state index < -0.39 is 0 Å². The van der Waals surface area contributed by atoms with Crippen molar-refractivity contribution in [2.75, 3.05) is 6.54 Å². The molecule has 0 N–H and O–H groups in total. The van der Waals surface area contributed by atoms with Gasteiger partial charge in [0.15, 0.2) is 0 Å². The Morgan fingerprint density at radius 3 is 2.67 bits per heavy atom. The SMILES string of the molecule is c1csc(-c2ccc(CN3CCc4ccccc4C3)s2)c1. The van der Waals surface area contributed by atoms with Gasteiger partial charge in [0.25, 0.3) is 0 Å². The lowest BCUT2D eigenvalue weighted by molar-refractivity contribution is 0.248. The minimum absolute atomic E-state index is 1.07. The van der Waals surface area contributed by atoms with Gasteiger partial charge in [-0.05, 0) is 41.1 Å². The van der Waals surface area contributed by atoms with E-state index in [2.05, 4.69) is 58.8 Å². The van der Waals surface area contributed by atoms with Crippen LogP contribution in [0, 0.1) is 0 Å². The highest BCUT2D eigenvalue weighted by Crippen LogP contribution is 2.32. The van der Waals surface area contributed by atoms with Crippen molar-refractivity contribution in [3.8, 4) is 9.75 Å². The first-order chi connectivity index (χ1) is 10.4. The summed E-state index contributed by atoms with van der Waals surface area (Å²) in [5.74, 6) is 0. The first-order valence-electron chi connectivity index (χ1n) is 7.30. The molecule has 0 amide bonds. The van der Waals surface area contributed by atoms with Crippen LogP contribution in [0.5, 0.6) is 0 Å². The summed E-state index contributed by atoms with van der Waals surface area (Å²) < 4.78 is 0. The van der Waals surface area contributed by atoms with Gasteiger partial charge in [-0.1, -0.05) is 30.3 Å². The van der Waals surface area contributed by atoms with Crippen molar-refractivity contribution in [2.45, 2.75) is 19.5 Å². The van der Waals surface area contributed by atoms with Gasteiger partial charge >= 0.3 is 0 Å². The lowest BCUT2D eigenvalue weighted by atomic mass is 10.00. The lowest BCUT2D eigenvalue weighted by Crippen LogP contribution is -2.29. The van der Waals surface area contributed by atoms with Crippen molar-refractivity contribution in [1.82, 2.24) is 4.90 Å². The fourth-order valence-electron chi connectivity index (χ4n) is 2.92. The van der Waals surface area contributed by atoms with Crippen LogP contribution in [0.25, 0.3) is 9.75 Å². The molecule has 1 aliphatic rings. The average molecular weight is 311 g/mol. The topological polar surface area (TPSA) is 3.24 Å². The molecule has 1 aromatic carbocycles. The number of rotatable bonds is 3. The maximum absolute atomic E-state index is 2.56. The molecule has 0 bridgehead atoms. The number of fused-ring (bicyclic) bond motifs is 1. The smallest absolute Gasteiger partial charge is 0.0445 e. The molecule has 4 rings (SSSR count). The fraction of sp³-hybridized carbons (Fsp3) is 0.222. The summed E-state index contributed by atoms with van der Waals surface area (Å²) >= 11 is 3.76. The van der Waals surface area contributed by atoms with E-state index in [-0.39, 0.29) is 0 Å². The molecule has 0 unspecified atom stereocenters. The predicted octanol–water partition coefficient (Wildman–Crippen LogP) is 5.03. The van der Waals surface area contributed by atoms with E-state index in [0.29, 0.717) is 0 Å². The molecule has 0 saturated carbocycles. The standard InChI is InChI=1S/C18H17NS2/c1-2-5-15-12-19(10-9-14(15)4-1)13-16-7-8-18(21-16)17-6-3-11-20-17/h1-8,11H,9-10,12-13H2. The highest BCUT2D eigenvalue weighted by molar-refractivity contribution is 7.21. The molecule has 3 aromatic rings. The van der Waals surface area contributed by atoms with Gasteiger partial charge in [0.05, 0.1) is 0 Å². The summed E-state index contributed by atoms with van der Waals surface area (Å²) in [7, 11) is 0. The van der Waals surface area contributed by atoms with Crippen LogP contribution in [-0.2, 0) is 19.5 Å². The molecule has 1 nitrogen and oxygen atoms in total. The minimum atomic E-state index is 1.07. The molecular weight excluding hydrogens is 294 g/mol. The van der Waals surface area contributed by atoms with Gasteiger partial charge in [0.1, 0.15) is 0 Å². The van der Waals surface area contributed by atoms with Crippen LogP contribution < -0.4 is 0 Å². The van der Waals surface area contributed by atoms with E-state index >= 15 is 0 Å². The zero-order valence-corrected chi connectivity index (χ0v) is 13.4. The van der Waals surface area contributed by atoms with E-state index in [0.717, 1.165) is 13.1 Å². The van der Waals surface area contributed by atoms with Crippen molar-refractivity contribution in [2.24, 2.45) is 0 Å². The van der Waals surface area contributed by atoms with Crippen molar-refractivity contribution < 1.29 is 0 Å². The van der Waals surface area contributed by atoms with Crippen molar-refractivity contribution in [1.29, 1.82) is 0 Å². The zero-order valence-electron chi connectivity index (χ0n) is 11.8. The Balaban J connectivity index is 1.48. The summed E-state index contributed by atoms with van der Waals surface area (Å²) in [5.41, 5.74) is 3.03. The quantitative estimate of drug-likeness (QED) is 0.655. The van der Waals surface area contributed by atoms with Crippen molar-refractivity contribution in [3.05, 3.63) is 69.9 Å². The molecule has 0 saturated heterocycles. The van der Waals surface area contributed by atoms with Crippen LogP contribution in [0.1, 0.15) is 16.0 Å². The second-order valence-electron chi connectivity index (χ2n) is 5.47. The first-order valence-corrected chi connectivity index (χ1v) is 9.00. The fourth-order valence-corrected chi connectivity index (χ4v) is 4.81. The molecule has 21 heavy (non-hydrogen) atoms. The molecule has 106 valence electrons. The Kier molecular flexibility index (Phi) is 3.63. The Labute approximate surface area is 133 Å². The van der Waals surface area contributed by atoms with Gasteiger partial charge in [-0.25, -0.2) is 0 Å². The second-order valence-corrected chi connectivity index (χ2v) is 7.59. The van der Waals surface area contributed by atoms with Crippen LogP contribution in [0.2, 0.25) is 0 Å². The van der Waals surface area contributed by atoms with E-state index in [1.165, 1.54) is 38.7 Å². The second kappa shape index (κ2) is 5.76. The largest absolute Gasteiger partial charge is 0.294 e. The maximum Gasteiger partial charge on any atom is 0.0445 e. The van der Waals surface area contributed by atoms with E-state index in [1.54, 1.807) is 0 Å². The summed E-state index contributed by atoms with van der Waals surface area (Å²) in [6.45, 7) is 3.33. The van der Waals surface area contributed by atoms with Crippen molar-refractivity contribution in [3.63, 3.8) is 0 Å². The van der Waals surface area contributed by atoms with E-state index in [9.17, 15) is 0 Å². The van der Waals surface area contributed by atoms with Crippen molar-refractivity contribution >= 4 is 22.7 Å². The molecular formula is C18H17NS2. The van der Waals surface area contributed by atoms with Crippen LogP contribution in [-0.4, -0.2) is 11.4 Å². The number of thiophene rings is 2. The number of nitrogens with zero attached hydrogens (tertiary/aromatic N) is 1. The Bertz CT molecular complexity index is 727. The summed E-state index contributed by atoms with van der Waals surface area (Å²) in [6, 6.07) is 17.7. The third kappa shape index (κ3) is 2.82. The van der Waals surface area contributed by atoms with E-state index in [4.69, 9.17) is 0 Å². The summed E-state index contributed by atoms with van der Waals surface area (Å²) in [5, 5.41) is 2.15. The third-order valence-corrected chi connectivity index (χ3v) is 6.15. The molecule has 3 heteroatoms. The highest BCUT2D eigenvalue weighted by atomic mass is 32.1. The molecule has 0 fully saturated rings. The Morgan fingerprint density at radius 1 is 0.905 bits per heavy atom. The monoisotopic (exact) mass is 311 g/mol. The van der Waals surface area contributed by atoms with Crippen LogP contribution >= 0.6 is 22.7 Å². The predicted molar refractivity (Wildman–Crippen MR) is 91.9 cm³/mol. The van der Waals surface area contributed by atoms with Gasteiger partial charge in [0, 0.05) is 34.3 Å². The minimum Gasteiger partial charge on any atom is -0.294 e. The molecule has 0 radical (unpaired) electrons. The molecule has 3 heterocycles. The Hall–Kier alpha value is -1.42. The average Bonchev–Trinajstić information content (AvgIpc) is 3.18. The van der Waals surface area contributed by atoms with Crippen LogP contribution in [0.3, 0.4) is 0 Å². The number of benzene rings is 1. The van der Waals surface area contributed by atoms with E-state index in [1.807, 2.05) is 22.7 Å². The van der Waals surface area contributed by atoms with Gasteiger partial charge in [-0.2, -0.15) is 0 Å². The number of hydrogen-bond acceptors (Lipinski definition) is 3. The van der Waals surface area contributed by atoms with Gasteiger partial charge < -0.3 is 0 Å². The van der Waals surface area contributed by atoms with Crippen LogP contribution in [0.15, 0.2) is 53.9 Å². The zero-order chi connectivity index (χ0) is 14.1. The first kappa shape index (κ1) is 13.3. The molecule has 2 aromatic heterocycles. The highest BCUT2D eigenvalue weighted by Gasteiger charge is 2.16. The lowest BCUT2D eigenvalue weighted by Gasteiger charge is -2.28. The molecule has 0 aliphatic carbocycles. The Morgan fingerprint density at radius 2 is 1.81 bits per heavy atom. The van der Waals surface area contributed by atoms with Crippen LogP contribution in [0.4, 0.5) is 0 Å². The van der Waals surface area contributed by atoms with Gasteiger partial charge in [-0.3, -0.25) is 4.90 Å². The normalized spacial score (nSPS) is 15.0. The summed E-state index contributed by atoms with van der Waals surface area (Å²) in [6.07, 6.45) is 1.18. The van der Waals surface area contributed by atoms with Gasteiger partial charge in [-0.15, -0.1) is 22.7 Å². The molecule has 1 aliphatic heterocycles. The molecule has 0 spiro atoms. The molecule has 0 atom stereocenters. The van der Waals surface area contributed by atoms with Gasteiger partial charge in [0.2, 0.25) is 0 Å². The summed E-state index contributed by atoms with van der Waals surface area (Å²) in [4.78, 5) is 6.82.